The van der Waals surface area contributed by atoms with E-state index in [1.165, 1.54) is 0 Å². The number of nitrogens with two attached hydrogens (primary N) is 1. The van der Waals surface area contributed by atoms with Crippen LogP contribution in [-0.4, -0.2) is 85.2 Å². The quantitative estimate of drug-likeness (QED) is 0.140. The number of amides is 5. The van der Waals surface area contributed by atoms with Crippen LogP contribution >= 0.6 is 0 Å². The molecule has 232 valence electrons. The summed E-state index contributed by atoms with van der Waals surface area (Å²) in [5, 5.41) is 12.9. The minimum atomic E-state index is -0.962. The van der Waals surface area contributed by atoms with Gasteiger partial charge in [-0.15, -0.1) is 0 Å². The Morgan fingerprint density at radius 1 is 0.575 bits per heavy atom. The summed E-state index contributed by atoms with van der Waals surface area (Å²) in [6.07, 6.45) is -0.887. The molecule has 0 aliphatic carbocycles. The number of rotatable bonds is 13. The Hall–Kier alpha value is -3.29. The number of ether oxygens (including phenoxy) is 3. The molecular formula is C26H50N6O8. The van der Waals surface area contributed by atoms with E-state index in [-0.39, 0.29) is 32.6 Å². The van der Waals surface area contributed by atoms with Crippen molar-refractivity contribution < 1.29 is 38.2 Å². The van der Waals surface area contributed by atoms with Crippen molar-refractivity contribution in [1.29, 1.82) is 0 Å². The van der Waals surface area contributed by atoms with Crippen LogP contribution in [0.3, 0.4) is 0 Å². The second-order valence-corrected chi connectivity index (χ2v) is 12.1. The molecule has 0 saturated heterocycles. The third-order valence-electron chi connectivity index (χ3n) is 4.56. The number of hydrogen-bond acceptors (Lipinski definition) is 9. The Morgan fingerprint density at radius 3 is 1.45 bits per heavy atom. The largest absolute Gasteiger partial charge is 0.444 e. The van der Waals surface area contributed by atoms with E-state index in [0.717, 1.165) is 0 Å². The summed E-state index contributed by atoms with van der Waals surface area (Å²) >= 11 is 0. The van der Waals surface area contributed by atoms with Crippen LogP contribution in [0.5, 0.6) is 0 Å². The van der Waals surface area contributed by atoms with Crippen LogP contribution in [-0.2, 0) is 23.8 Å². The van der Waals surface area contributed by atoms with Gasteiger partial charge in [0.15, 0.2) is 0 Å². The molecule has 40 heavy (non-hydrogen) atoms. The zero-order chi connectivity index (χ0) is 31.1. The Balaban J connectivity index is 4.79. The molecule has 14 nitrogen and oxygen atoms in total. The molecule has 0 rings (SSSR count). The molecule has 0 aromatic heterocycles. The van der Waals surface area contributed by atoms with Crippen molar-refractivity contribution >= 4 is 30.1 Å². The summed E-state index contributed by atoms with van der Waals surface area (Å²) in [5.41, 5.74) is 3.50. The first-order valence-electron chi connectivity index (χ1n) is 13.4. The lowest BCUT2D eigenvalue weighted by Gasteiger charge is -2.24. The highest BCUT2D eigenvalue weighted by atomic mass is 16.6. The lowest BCUT2D eigenvalue weighted by atomic mass is 10.1. The lowest BCUT2D eigenvalue weighted by Crippen LogP contribution is -2.52. The first-order valence-corrected chi connectivity index (χ1v) is 13.4. The number of alkyl carbamates (subject to hydrolysis) is 3. The predicted octanol–water partition coefficient (Wildman–Crippen LogP) is 1.66. The van der Waals surface area contributed by atoms with Gasteiger partial charge in [-0.3, -0.25) is 9.59 Å². The SMILES string of the molecule is CC(C)(C)OC(=O)NCCNC(=O)[C@H](CCCCNC(=O)[C@H](CN)NC(=O)OC(C)(C)C)NC(=O)OC(C)(C)C. The molecule has 0 bridgehead atoms. The number of carbonyl (C=O) groups excluding carboxylic acids is 5. The molecule has 0 aromatic carbocycles. The molecular weight excluding hydrogens is 524 g/mol. The monoisotopic (exact) mass is 574 g/mol. The van der Waals surface area contributed by atoms with Crippen LogP contribution < -0.4 is 32.3 Å². The van der Waals surface area contributed by atoms with E-state index in [4.69, 9.17) is 19.9 Å². The van der Waals surface area contributed by atoms with Crippen LogP contribution in [0.25, 0.3) is 0 Å². The maximum Gasteiger partial charge on any atom is 0.408 e. The number of hydrogen-bond donors (Lipinski definition) is 6. The molecule has 5 amide bonds. The van der Waals surface area contributed by atoms with Gasteiger partial charge in [0, 0.05) is 26.2 Å². The van der Waals surface area contributed by atoms with Gasteiger partial charge in [0.05, 0.1) is 0 Å². The van der Waals surface area contributed by atoms with E-state index >= 15 is 0 Å². The minimum Gasteiger partial charge on any atom is -0.444 e. The molecule has 0 radical (unpaired) electrons. The van der Waals surface area contributed by atoms with Crippen LogP contribution in [0.4, 0.5) is 14.4 Å². The average Bonchev–Trinajstić information content (AvgIpc) is 2.75. The van der Waals surface area contributed by atoms with E-state index in [2.05, 4.69) is 26.6 Å². The van der Waals surface area contributed by atoms with Crippen molar-refractivity contribution in [3.05, 3.63) is 0 Å². The van der Waals surface area contributed by atoms with Gasteiger partial charge in [0.25, 0.3) is 0 Å². The summed E-state index contributed by atoms with van der Waals surface area (Å²) in [4.78, 5) is 61.1. The number of unbranched alkanes of at least 4 members (excludes halogenated alkanes) is 1. The van der Waals surface area contributed by atoms with E-state index < -0.39 is 59.0 Å². The highest BCUT2D eigenvalue weighted by molar-refractivity contribution is 5.86. The summed E-state index contributed by atoms with van der Waals surface area (Å²) in [6.45, 7) is 15.8. The Labute approximate surface area is 237 Å². The van der Waals surface area contributed by atoms with Gasteiger partial charge in [-0.05, 0) is 81.6 Å². The van der Waals surface area contributed by atoms with Crippen molar-refractivity contribution in [2.75, 3.05) is 26.2 Å². The van der Waals surface area contributed by atoms with Crippen molar-refractivity contribution in [3.8, 4) is 0 Å². The van der Waals surface area contributed by atoms with E-state index in [1.807, 2.05) is 0 Å². The second-order valence-electron chi connectivity index (χ2n) is 12.1. The molecule has 0 aliphatic rings. The minimum absolute atomic E-state index is 0.115. The summed E-state index contributed by atoms with van der Waals surface area (Å²) in [7, 11) is 0. The summed E-state index contributed by atoms with van der Waals surface area (Å²) in [6, 6.07) is -1.87. The first-order chi connectivity index (χ1) is 18.2. The molecule has 0 aromatic rings. The van der Waals surface area contributed by atoms with Crippen molar-refractivity contribution in [1.82, 2.24) is 26.6 Å². The molecule has 0 spiro atoms. The van der Waals surface area contributed by atoms with E-state index in [1.54, 1.807) is 62.3 Å². The van der Waals surface area contributed by atoms with E-state index in [0.29, 0.717) is 12.8 Å². The fourth-order valence-corrected chi connectivity index (χ4v) is 3.00. The lowest BCUT2D eigenvalue weighted by molar-refractivity contribution is -0.124. The highest BCUT2D eigenvalue weighted by Gasteiger charge is 2.25. The second kappa shape index (κ2) is 16.7. The molecule has 0 heterocycles. The molecule has 2 atom stereocenters. The van der Waals surface area contributed by atoms with Gasteiger partial charge in [0.1, 0.15) is 28.9 Å². The topological polar surface area (TPSA) is 199 Å². The third kappa shape index (κ3) is 19.7. The van der Waals surface area contributed by atoms with Crippen molar-refractivity contribution in [2.24, 2.45) is 5.73 Å². The van der Waals surface area contributed by atoms with Crippen LogP contribution in [0.1, 0.15) is 81.6 Å². The molecule has 0 unspecified atom stereocenters. The predicted molar refractivity (Wildman–Crippen MR) is 149 cm³/mol. The average molecular weight is 575 g/mol. The summed E-state index contributed by atoms with van der Waals surface area (Å²) in [5.74, 6) is -0.919. The fraction of sp³-hybridized carbons (Fsp3) is 0.808. The molecule has 7 N–H and O–H groups in total. The zero-order valence-electron chi connectivity index (χ0n) is 25.4. The van der Waals surface area contributed by atoms with Gasteiger partial charge in [-0.2, -0.15) is 0 Å². The molecule has 0 saturated carbocycles. The number of nitrogens with one attached hydrogen (secondary N) is 5. The van der Waals surface area contributed by atoms with Crippen molar-refractivity contribution in [3.63, 3.8) is 0 Å². The highest BCUT2D eigenvalue weighted by Crippen LogP contribution is 2.09. The normalized spacial score (nSPS) is 13.2. The van der Waals surface area contributed by atoms with Crippen LogP contribution in [0.2, 0.25) is 0 Å². The molecule has 0 aliphatic heterocycles. The van der Waals surface area contributed by atoms with E-state index in [9.17, 15) is 24.0 Å². The smallest absolute Gasteiger partial charge is 0.408 e. The fourth-order valence-electron chi connectivity index (χ4n) is 3.00. The Kier molecular flexibility index (Phi) is 15.4. The van der Waals surface area contributed by atoms with Gasteiger partial charge in [0.2, 0.25) is 11.8 Å². The van der Waals surface area contributed by atoms with Crippen LogP contribution in [0.15, 0.2) is 0 Å². The Bertz CT molecular complexity index is 846. The summed E-state index contributed by atoms with van der Waals surface area (Å²) < 4.78 is 15.6. The maximum absolute atomic E-state index is 12.8. The van der Waals surface area contributed by atoms with Gasteiger partial charge in [-0.25, -0.2) is 14.4 Å². The Morgan fingerprint density at radius 2 is 0.975 bits per heavy atom. The zero-order valence-corrected chi connectivity index (χ0v) is 25.4. The van der Waals surface area contributed by atoms with Gasteiger partial charge in [-0.1, -0.05) is 0 Å². The maximum atomic E-state index is 12.8. The first kappa shape index (κ1) is 36.7. The molecule has 0 fully saturated rings. The van der Waals surface area contributed by atoms with Gasteiger partial charge >= 0.3 is 18.3 Å². The molecule has 14 heteroatoms. The number of carbonyl (C=O) groups is 5. The third-order valence-corrected chi connectivity index (χ3v) is 4.56. The van der Waals surface area contributed by atoms with Crippen LogP contribution in [0, 0.1) is 0 Å². The van der Waals surface area contributed by atoms with Gasteiger partial charge < -0.3 is 46.5 Å². The standard InChI is InChI=1S/C26H50N6O8/c1-24(2,3)38-21(35)30-15-14-29-19(33)17(31-22(36)39-25(4,5)6)12-10-11-13-28-20(34)18(16-27)32-23(37)40-26(7,8)9/h17-18H,10-16,27H2,1-9H3,(H,28,34)(H,29,33)(H,30,35)(H,31,36)(H,32,37)/t17-,18-/m0/s1. The van der Waals surface area contributed by atoms with Crippen molar-refractivity contribution in [2.45, 2.75) is 110 Å².